The number of aromatic amines is 1. The molecule has 0 aliphatic rings. The second-order valence-corrected chi connectivity index (χ2v) is 7.03. The van der Waals surface area contributed by atoms with E-state index in [-0.39, 0.29) is 11.4 Å². The average Bonchev–Trinajstić information content (AvgIpc) is 2.84. The molecule has 0 bridgehead atoms. The van der Waals surface area contributed by atoms with Gasteiger partial charge >= 0.3 is 5.69 Å². The third kappa shape index (κ3) is 4.70. The zero-order valence-corrected chi connectivity index (χ0v) is 17.9. The summed E-state index contributed by atoms with van der Waals surface area (Å²) in [6.07, 6.45) is 1.25. The number of ether oxygens (including phenoxy) is 2. The number of methoxy groups -OCH3 is 1. The molecule has 9 nitrogen and oxygen atoms in total. The van der Waals surface area contributed by atoms with Crippen LogP contribution in [0.25, 0.3) is 10.9 Å². The summed E-state index contributed by atoms with van der Waals surface area (Å²) in [5.74, 6) is -0.724. The van der Waals surface area contributed by atoms with Crippen molar-refractivity contribution in [3.8, 4) is 11.5 Å². The highest BCUT2D eigenvalue weighted by Gasteiger charge is 2.14. The monoisotopic (exact) mass is 462 g/mol. The lowest BCUT2D eigenvalue weighted by Gasteiger charge is -2.13. The Morgan fingerprint density at radius 1 is 1.09 bits per heavy atom. The Bertz CT molecular complexity index is 1510. The van der Waals surface area contributed by atoms with Gasteiger partial charge in [-0.3, -0.25) is 9.59 Å². The van der Waals surface area contributed by atoms with Crippen LogP contribution in [0.1, 0.15) is 5.56 Å². The predicted octanol–water partition coefficient (Wildman–Crippen LogP) is 2.74. The molecule has 4 aromatic rings. The number of fused-ring (bicyclic) bond motifs is 1. The standard InChI is InChI=1S/C24H19FN4O5/c1-33-20-12-6-7-15(22(20)34-14-21(30)27-19-11-5-3-9-17(19)25)13-26-29-23(31)16-8-2-4-10-18(16)28-24(29)32/h2-13H,14H2,1H3,(H,27,30)(H,28,32). The number of nitrogens with zero attached hydrogens (tertiary/aromatic N) is 2. The molecule has 0 saturated carbocycles. The molecule has 34 heavy (non-hydrogen) atoms. The number of aromatic nitrogens is 2. The molecule has 0 aliphatic heterocycles. The predicted molar refractivity (Wildman–Crippen MR) is 125 cm³/mol. The van der Waals surface area contributed by atoms with Crippen LogP contribution in [0.5, 0.6) is 11.5 Å². The third-order valence-corrected chi connectivity index (χ3v) is 4.82. The highest BCUT2D eigenvalue weighted by molar-refractivity contribution is 5.92. The Hall–Kier alpha value is -4.73. The van der Waals surface area contributed by atoms with Gasteiger partial charge in [-0.1, -0.05) is 30.3 Å². The first kappa shape index (κ1) is 22.5. The van der Waals surface area contributed by atoms with E-state index in [0.717, 1.165) is 0 Å². The first-order chi connectivity index (χ1) is 16.5. The van der Waals surface area contributed by atoms with E-state index in [0.29, 0.717) is 26.9 Å². The van der Waals surface area contributed by atoms with Crippen molar-refractivity contribution in [3.63, 3.8) is 0 Å². The van der Waals surface area contributed by atoms with Crippen molar-refractivity contribution in [2.45, 2.75) is 0 Å². The molecule has 0 saturated heterocycles. The Labute approximate surface area is 192 Å². The van der Waals surface area contributed by atoms with Gasteiger partial charge in [-0.2, -0.15) is 5.10 Å². The number of halogens is 1. The number of hydrogen-bond acceptors (Lipinski definition) is 6. The lowest BCUT2D eigenvalue weighted by molar-refractivity contribution is -0.118. The van der Waals surface area contributed by atoms with Crippen LogP contribution in [0.15, 0.2) is 81.4 Å². The van der Waals surface area contributed by atoms with Gasteiger partial charge in [-0.15, -0.1) is 4.68 Å². The number of nitrogens with one attached hydrogen (secondary N) is 2. The van der Waals surface area contributed by atoms with Gasteiger partial charge in [0.15, 0.2) is 18.1 Å². The third-order valence-electron chi connectivity index (χ3n) is 4.82. The molecule has 1 amide bonds. The van der Waals surface area contributed by atoms with E-state index in [1.807, 2.05) is 0 Å². The molecule has 1 heterocycles. The Balaban J connectivity index is 1.60. The van der Waals surface area contributed by atoms with Gasteiger partial charge in [-0.25, -0.2) is 9.18 Å². The number of para-hydroxylation sites is 3. The largest absolute Gasteiger partial charge is 0.493 e. The van der Waals surface area contributed by atoms with Gasteiger partial charge in [-0.05, 0) is 36.4 Å². The van der Waals surface area contributed by atoms with E-state index in [1.165, 1.54) is 31.5 Å². The van der Waals surface area contributed by atoms with Crippen molar-refractivity contribution in [1.82, 2.24) is 9.66 Å². The van der Waals surface area contributed by atoms with Crippen LogP contribution in [0.4, 0.5) is 10.1 Å². The smallest absolute Gasteiger partial charge is 0.349 e. The fraction of sp³-hybridized carbons (Fsp3) is 0.0833. The van der Waals surface area contributed by atoms with E-state index in [4.69, 9.17) is 9.47 Å². The average molecular weight is 462 g/mol. The van der Waals surface area contributed by atoms with Crippen LogP contribution >= 0.6 is 0 Å². The van der Waals surface area contributed by atoms with Crippen LogP contribution in [0, 0.1) is 5.82 Å². The second-order valence-electron chi connectivity index (χ2n) is 7.03. The molecule has 0 radical (unpaired) electrons. The fourth-order valence-electron chi connectivity index (χ4n) is 3.21. The first-order valence-corrected chi connectivity index (χ1v) is 10.1. The van der Waals surface area contributed by atoms with E-state index in [1.54, 1.807) is 48.5 Å². The maximum absolute atomic E-state index is 13.8. The maximum Gasteiger partial charge on any atom is 0.349 e. The summed E-state index contributed by atoms with van der Waals surface area (Å²) < 4.78 is 25.4. The van der Waals surface area contributed by atoms with Crippen molar-refractivity contribution in [1.29, 1.82) is 0 Å². The highest BCUT2D eigenvalue weighted by Crippen LogP contribution is 2.30. The summed E-state index contributed by atoms with van der Waals surface area (Å²) in [5.41, 5.74) is -0.541. The highest BCUT2D eigenvalue weighted by atomic mass is 19.1. The van der Waals surface area contributed by atoms with Crippen LogP contribution in [0.2, 0.25) is 0 Å². The van der Waals surface area contributed by atoms with E-state index >= 15 is 0 Å². The van der Waals surface area contributed by atoms with E-state index in [2.05, 4.69) is 15.4 Å². The second kappa shape index (κ2) is 9.82. The van der Waals surface area contributed by atoms with Crippen molar-refractivity contribution in [2.24, 2.45) is 5.10 Å². The van der Waals surface area contributed by atoms with Gasteiger partial charge in [0.2, 0.25) is 0 Å². The number of H-pyrrole nitrogens is 1. The van der Waals surface area contributed by atoms with Gasteiger partial charge in [0, 0.05) is 5.56 Å². The van der Waals surface area contributed by atoms with Gasteiger partial charge in [0.05, 0.1) is 29.9 Å². The minimum atomic E-state index is -0.713. The zero-order chi connectivity index (χ0) is 24.1. The number of benzene rings is 3. The number of hydrogen-bond donors (Lipinski definition) is 2. The normalized spacial score (nSPS) is 11.0. The Morgan fingerprint density at radius 3 is 2.65 bits per heavy atom. The molecular weight excluding hydrogens is 443 g/mol. The molecular formula is C24H19FN4O5. The van der Waals surface area contributed by atoms with Gasteiger partial charge < -0.3 is 19.8 Å². The number of carbonyl (C=O) groups is 1. The first-order valence-electron chi connectivity index (χ1n) is 10.1. The summed E-state index contributed by atoms with van der Waals surface area (Å²) in [6, 6.07) is 17.2. The molecule has 3 aromatic carbocycles. The summed E-state index contributed by atoms with van der Waals surface area (Å²) >= 11 is 0. The van der Waals surface area contributed by atoms with Crippen molar-refractivity contribution in [3.05, 3.63) is 98.9 Å². The zero-order valence-electron chi connectivity index (χ0n) is 17.9. The van der Waals surface area contributed by atoms with Gasteiger partial charge in [0.1, 0.15) is 5.82 Å². The summed E-state index contributed by atoms with van der Waals surface area (Å²) in [4.78, 5) is 39.9. The quantitative estimate of drug-likeness (QED) is 0.410. The Kier molecular flexibility index (Phi) is 6.49. The summed E-state index contributed by atoms with van der Waals surface area (Å²) in [5, 5.41) is 6.74. The van der Waals surface area contributed by atoms with E-state index < -0.39 is 29.6 Å². The minimum Gasteiger partial charge on any atom is -0.493 e. The molecule has 0 aliphatic carbocycles. The number of anilines is 1. The SMILES string of the molecule is COc1cccc(C=Nn2c(=O)[nH]c3ccccc3c2=O)c1OCC(=O)Nc1ccccc1F. The number of carbonyl (C=O) groups excluding carboxylic acids is 1. The topological polar surface area (TPSA) is 115 Å². The Morgan fingerprint density at radius 2 is 1.85 bits per heavy atom. The molecule has 2 N–H and O–H groups in total. The number of amides is 1. The lowest BCUT2D eigenvalue weighted by Crippen LogP contribution is -2.32. The molecule has 10 heteroatoms. The van der Waals surface area contributed by atoms with Crippen LogP contribution in [0.3, 0.4) is 0 Å². The van der Waals surface area contributed by atoms with Crippen molar-refractivity contribution >= 4 is 28.7 Å². The van der Waals surface area contributed by atoms with Crippen LogP contribution in [-0.2, 0) is 4.79 Å². The fourth-order valence-corrected chi connectivity index (χ4v) is 3.21. The van der Waals surface area contributed by atoms with Crippen molar-refractivity contribution in [2.75, 3.05) is 19.0 Å². The van der Waals surface area contributed by atoms with Gasteiger partial charge in [0.25, 0.3) is 11.5 Å². The molecule has 0 spiro atoms. The molecule has 0 atom stereocenters. The van der Waals surface area contributed by atoms with Crippen molar-refractivity contribution < 1.29 is 18.7 Å². The minimum absolute atomic E-state index is 0.0211. The van der Waals surface area contributed by atoms with E-state index in [9.17, 15) is 18.8 Å². The summed E-state index contributed by atoms with van der Waals surface area (Å²) in [7, 11) is 1.42. The number of rotatable bonds is 7. The van der Waals surface area contributed by atoms with Crippen LogP contribution < -0.4 is 26.0 Å². The molecule has 1 aromatic heterocycles. The molecule has 0 unspecified atom stereocenters. The molecule has 172 valence electrons. The molecule has 0 fully saturated rings. The summed E-state index contributed by atoms with van der Waals surface area (Å²) in [6.45, 7) is -0.452. The molecule has 4 rings (SSSR count). The van der Waals surface area contributed by atoms with Crippen LogP contribution in [-0.4, -0.2) is 35.5 Å². The maximum atomic E-state index is 13.8. The lowest BCUT2D eigenvalue weighted by atomic mass is 10.2.